The SMILES string of the molecule is Clc1ccc2c(c1)CCc1cccnc1C2N1CCNCC1.O=C(OCc1ccccc1)N1CCN(C2c3ccc(Cl)cc3CCc3cccnc32)CC1. The molecule has 1 N–H and O–H groups in total. The minimum absolute atomic E-state index is 0.0726. The number of rotatable bonds is 4. The Balaban J connectivity index is 0.000000164. The van der Waals surface area contributed by atoms with Gasteiger partial charge in [-0.3, -0.25) is 19.8 Å². The van der Waals surface area contributed by atoms with E-state index in [4.69, 9.17) is 37.9 Å². The topological polar surface area (TPSA) is 73.8 Å². The predicted molar refractivity (Wildman–Crippen MR) is 214 cm³/mol. The Labute approximate surface area is 328 Å². The molecule has 2 fully saturated rings. The molecule has 54 heavy (non-hydrogen) atoms. The summed E-state index contributed by atoms with van der Waals surface area (Å²) in [7, 11) is 0. The van der Waals surface area contributed by atoms with Crippen molar-refractivity contribution in [2.45, 2.75) is 44.4 Å². The van der Waals surface area contributed by atoms with Crippen molar-refractivity contribution in [2.75, 3.05) is 52.4 Å². The van der Waals surface area contributed by atoms with Gasteiger partial charge in [0.25, 0.3) is 0 Å². The van der Waals surface area contributed by atoms with Gasteiger partial charge in [0.1, 0.15) is 6.61 Å². The van der Waals surface area contributed by atoms with E-state index in [2.05, 4.69) is 57.6 Å². The fourth-order valence-electron chi connectivity index (χ4n) is 8.42. The van der Waals surface area contributed by atoms with Gasteiger partial charge < -0.3 is 15.0 Å². The summed E-state index contributed by atoms with van der Waals surface area (Å²) in [5.74, 6) is 0. The Morgan fingerprint density at radius 3 is 1.70 bits per heavy atom. The van der Waals surface area contributed by atoms with E-state index in [9.17, 15) is 4.79 Å². The molecule has 2 aliphatic heterocycles. The maximum absolute atomic E-state index is 12.6. The van der Waals surface area contributed by atoms with Crippen molar-refractivity contribution >= 4 is 29.3 Å². The molecule has 2 aromatic heterocycles. The highest BCUT2D eigenvalue weighted by molar-refractivity contribution is 6.31. The molecule has 10 heteroatoms. The number of halogens is 2. The zero-order chi connectivity index (χ0) is 36.9. The number of nitrogens with one attached hydrogen (secondary N) is 1. The van der Waals surface area contributed by atoms with Crippen molar-refractivity contribution in [1.82, 2.24) is 30.0 Å². The van der Waals surface area contributed by atoms with Gasteiger partial charge in [-0.1, -0.05) is 77.8 Å². The number of aromatic nitrogens is 2. The molecule has 0 spiro atoms. The second kappa shape index (κ2) is 17.0. The average molecular weight is 762 g/mol. The zero-order valence-corrected chi connectivity index (χ0v) is 32.0. The number of carbonyl (C=O) groups excluding carboxylic acids is 1. The van der Waals surface area contributed by atoms with Gasteiger partial charge in [0.15, 0.2) is 0 Å². The van der Waals surface area contributed by atoms with E-state index < -0.39 is 0 Å². The Morgan fingerprint density at radius 1 is 0.630 bits per heavy atom. The van der Waals surface area contributed by atoms with E-state index in [0.29, 0.717) is 19.7 Å². The summed E-state index contributed by atoms with van der Waals surface area (Å²) < 4.78 is 5.54. The summed E-state index contributed by atoms with van der Waals surface area (Å²) in [4.78, 5) is 29.0. The Hall–Kier alpha value is -4.31. The molecule has 2 atom stereocenters. The molecule has 2 unspecified atom stereocenters. The van der Waals surface area contributed by atoms with Gasteiger partial charge in [0.05, 0.1) is 23.5 Å². The van der Waals surface area contributed by atoms with Crippen LogP contribution in [0.15, 0.2) is 103 Å². The van der Waals surface area contributed by atoms with Crippen LogP contribution in [-0.2, 0) is 37.0 Å². The third kappa shape index (κ3) is 8.19. The fraction of sp³-hybridized carbons (Fsp3) is 0.341. The zero-order valence-electron chi connectivity index (χ0n) is 30.5. The fourth-order valence-corrected chi connectivity index (χ4v) is 8.81. The van der Waals surface area contributed by atoms with Gasteiger partial charge in [-0.25, -0.2) is 4.79 Å². The van der Waals surface area contributed by atoms with E-state index in [1.807, 2.05) is 60.9 Å². The summed E-state index contributed by atoms with van der Waals surface area (Å²) >= 11 is 12.6. The van der Waals surface area contributed by atoms with Gasteiger partial charge in [0, 0.05) is 74.8 Å². The molecule has 2 saturated heterocycles. The van der Waals surface area contributed by atoms with Crippen molar-refractivity contribution in [2.24, 2.45) is 0 Å². The Morgan fingerprint density at radius 2 is 1.15 bits per heavy atom. The highest BCUT2D eigenvalue weighted by Crippen LogP contribution is 2.38. The summed E-state index contributed by atoms with van der Waals surface area (Å²) in [5, 5.41) is 5.04. The molecular formula is C44H46Cl2N6O2. The number of nitrogens with zero attached hydrogens (tertiary/aromatic N) is 5. The number of aryl methyl sites for hydroxylation is 4. The van der Waals surface area contributed by atoms with Gasteiger partial charge in [-0.2, -0.15) is 0 Å². The molecule has 278 valence electrons. The van der Waals surface area contributed by atoms with Crippen LogP contribution in [-0.4, -0.2) is 83.1 Å². The molecule has 4 aliphatic rings. The summed E-state index contributed by atoms with van der Waals surface area (Å²) in [6.45, 7) is 7.30. The standard InChI is InChI=1S/C26H26ClN3O2.C18H20ClN3/c27-22-10-11-23-21(17-22)9-8-20-7-4-12-28-24(20)25(23)29-13-15-30(16-14-29)26(31)32-18-19-5-2-1-3-6-19;19-15-5-6-16-14(12-15)4-3-13-2-1-7-21-17(13)18(16)22-10-8-20-9-11-22/h1-7,10-12,17,25H,8-9,13-16,18H2;1-2,5-7,12,18,20H,3-4,8-11H2. The first-order valence-corrected chi connectivity index (χ1v) is 19.9. The van der Waals surface area contributed by atoms with E-state index in [1.165, 1.54) is 39.1 Å². The third-order valence-corrected chi connectivity index (χ3v) is 11.6. The minimum Gasteiger partial charge on any atom is -0.445 e. The molecule has 8 nitrogen and oxygen atoms in total. The van der Waals surface area contributed by atoms with Gasteiger partial charge in [-0.05, 0) is 101 Å². The molecule has 1 amide bonds. The average Bonchev–Trinajstić information content (AvgIpc) is 3.48. The lowest BCUT2D eigenvalue weighted by Gasteiger charge is -2.39. The van der Waals surface area contributed by atoms with Crippen molar-refractivity contribution in [3.05, 3.63) is 164 Å². The van der Waals surface area contributed by atoms with Gasteiger partial charge in [0.2, 0.25) is 0 Å². The molecule has 0 radical (unpaired) electrons. The highest BCUT2D eigenvalue weighted by Gasteiger charge is 2.34. The van der Waals surface area contributed by atoms with Crippen molar-refractivity contribution in [3.8, 4) is 0 Å². The quantitative estimate of drug-likeness (QED) is 0.201. The largest absolute Gasteiger partial charge is 0.445 e. The number of amides is 1. The van der Waals surface area contributed by atoms with E-state index >= 15 is 0 Å². The number of fused-ring (bicyclic) bond motifs is 4. The lowest BCUT2D eigenvalue weighted by molar-refractivity contribution is 0.0640. The van der Waals surface area contributed by atoms with Crippen LogP contribution in [0.4, 0.5) is 4.79 Å². The molecule has 5 aromatic rings. The Bertz CT molecular complexity index is 2070. The number of piperazine rings is 2. The first kappa shape index (κ1) is 36.7. The number of carbonyl (C=O) groups is 1. The number of benzene rings is 3. The number of hydrogen-bond acceptors (Lipinski definition) is 7. The predicted octanol–water partition coefficient (Wildman–Crippen LogP) is 7.71. The van der Waals surface area contributed by atoms with Crippen LogP contribution in [0.3, 0.4) is 0 Å². The summed E-state index contributed by atoms with van der Waals surface area (Å²) in [6.07, 6.45) is 7.55. The van der Waals surface area contributed by atoms with Crippen molar-refractivity contribution in [3.63, 3.8) is 0 Å². The third-order valence-electron chi connectivity index (χ3n) is 11.2. The lowest BCUT2D eigenvalue weighted by Crippen LogP contribution is -2.50. The molecule has 0 bridgehead atoms. The summed E-state index contributed by atoms with van der Waals surface area (Å²) in [6, 6.07) is 31.1. The normalized spacial score (nSPS) is 19.8. The molecular weight excluding hydrogens is 715 g/mol. The molecule has 0 saturated carbocycles. The van der Waals surface area contributed by atoms with Gasteiger partial charge >= 0.3 is 6.09 Å². The van der Waals surface area contributed by atoms with E-state index in [0.717, 1.165) is 86.3 Å². The van der Waals surface area contributed by atoms with Crippen LogP contribution < -0.4 is 5.32 Å². The van der Waals surface area contributed by atoms with E-state index in [1.54, 1.807) is 4.90 Å². The number of pyridine rings is 2. The van der Waals surface area contributed by atoms with Gasteiger partial charge in [-0.15, -0.1) is 0 Å². The first-order chi connectivity index (χ1) is 26.5. The van der Waals surface area contributed by atoms with Crippen molar-refractivity contribution < 1.29 is 9.53 Å². The van der Waals surface area contributed by atoms with Crippen LogP contribution >= 0.6 is 23.2 Å². The maximum Gasteiger partial charge on any atom is 0.410 e. The first-order valence-electron chi connectivity index (χ1n) is 19.1. The molecule has 3 aromatic carbocycles. The summed E-state index contributed by atoms with van der Waals surface area (Å²) in [5.41, 5.74) is 11.3. The van der Waals surface area contributed by atoms with Crippen molar-refractivity contribution in [1.29, 1.82) is 0 Å². The Kier molecular flexibility index (Phi) is 11.5. The second-order valence-electron chi connectivity index (χ2n) is 14.4. The highest BCUT2D eigenvalue weighted by atomic mass is 35.5. The minimum atomic E-state index is -0.250. The van der Waals surface area contributed by atoms with Crippen LogP contribution in [0.1, 0.15) is 62.4 Å². The maximum atomic E-state index is 12.6. The second-order valence-corrected chi connectivity index (χ2v) is 15.3. The number of hydrogen-bond donors (Lipinski definition) is 1. The molecule has 9 rings (SSSR count). The van der Waals surface area contributed by atoms with Crippen LogP contribution in [0.2, 0.25) is 10.0 Å². The molecule has 2 aliphatic carbocycles. The number of ether oxygens (including phenoxy) is 1. The monoisotopic (exact) mass is 760 g/mol. The van der Waals surface area contributed by atoms with E-state index in [-0.39, 0.29) is 18.2 Å². The smallest absolute Gasteiger partial charge is 0.410 e. The van der Waals surface area contributed by atoms with Crippen LogP contribution in [0, 0.1) is 0 Å². The van der Waals surface area contributed by atoms with Crippen LogP contribution in [0.25, 0.3) is 0 Å². The van der Waals surface area contributed by atoms with Crippen LogP contribution in [0.5, 0.6) is 0 Å². The lowest BCUT2D eigenvalue weighted by atomic mass is 9.96. The molecule has 4 heterocycles.